The van der Waals surface area contributed by atoms with Crippen molar-refractivity contribution >= 4 is 17.3 Å². The highest BCUT2D eigenvalue weighted by Crippen LogP contribution is 2.26. The lowest BCUT2D eigenvalue weighted by Crippen LogP contribution is -2.29. The molecule has 17 heavy (non-hydrogen) atoms. The van der Waals surface area contributed by atoms with Crippen LogP contribution in [0, 0.1) is 10.1 Å². The van der Waals surface area contributed by atoms with Gasteiger partial charge >= 0.3 is 0 Å². The summed E-state index contributed by atoms with van der Waals surface area (Å²) in [5, 5.41) is 11.0. The molecule has 92 valence electrons. The Morgan fingerprint density at radius 1 is 1.29 bits per heavy atom. The number of likely N-dealkylation sites (tertiary alicyclic amines) is 1. The number of hydrogen-bond acceptors (Lipinski definition) is 3. The van der Waals surface area contributed by atoms with Crippen molar-refractivity contribution in [2.75, 3.05) is 13.1 Å². The van der Waals surface area contributed by atoms with E-state index in [1.54, 1.807) is 12.1 Å². The van der Waals surface area contributed by atoms with Gasteiger partial charge in [-0.2, -0.15) is 0 Å². The van der Waals surface area contributed by atoms with Crippen LogP contribution in [0.15, 0.2) is 18.2 Å². The summed E-state index contributed by atoms with van der Waals surface area (Å²) in [6.45, 7) is 2.94. The number of halogens is 1. The molecule has 2 rings (SSSR count). The normalized spacial score (nSPS) is 17.0. The molecule has 0 amide bonds. The lowest BCUT2D eigenvalue weighted by atomic mass is 10.1. The summed E-state index contributed by atoms with van der Waals surface area (Å²) in [7, 11) is 0. The van der Waals surface area contributed by atoms with Crippen molar-refractivity contribution in [1.82, 2.24) is 4.90 Å². The van der Waals surface area contributed by atoms with E-state index < -0.39 is 4.92 Å². The first-order chi connectivity index (χ1) is 8.16. The van der Waals surface area contributed by atoms with E-state index in [2.05, 4.69) is 4.90 Å². The van der Waals surface area contributed by atoms with E-state index in [1.165, 1.54) is 19.3 Å². The fourth-order valence-corrected chi connectivity index (χ4v) is 2.36. The lowest BCUT2D eigenvalue weighted by Gasteiger charge is -2.26. The summed E-state index contributed by atoms with van der Waals surface area (Å²) >= 11 is 5.78. The zero-order valence-corrected chi connectivity index (χ0v) is 10.3. The minimum atomic E-state index is -0.429. The van der Waals surface area contributed by atoms with E-state index in [0.717, 1.165) is 25.2 Å². The van der Waals surface area contributed by atoms with Gasteiger partial charge in [0.25, 0.3) is 5.69 Å². The van der Waals surface area contributed by atoms with Gasteiger partial charge in [0.2, 0.25) is 0 Å². The third-order valence-corrected chi connectivity index (χ3v) is 3.38. The van der Waals surface area contributed by atoms with Crippen LogP contribution in [0.2, 0.25) is 5.02 Å². The van der Waals surface area contributed by atoms with E-state index >= 15 is 0 Å². The standard InChI is InChI=1S/C12H15ClN2O2/c13-11-5-4-10(8-12(11)15(16)17)9-14-6-2-1-3-7-14/h4-5,8H,1-3,6-7,9H2. The molecule has 0 unspecified atom stereocenters. The Kier molecular flexibility index (Phi) is 3.97. The Morgan fingerprint density at radius 3 is 2.65 bits per heavy atom. The number of nitro groups is 1. The third kappa shape index (κ3) is 3.17. The van der Waals surface area contributed by atoms with Crippen LogP contribution in [0.4, 0.5) is 5.69 Å². The highest BCUT2D eigenvalue weighted by atomic mass is 35.5. The largest absolute Gasteiger partial charge is 0.299 e. The molecule has 0 bridgehead atoms. The molecule has 1 aliphatic rings. The number of nitrogens with zero attached hydrogens (tertiary/aromatic N) is 2. The van der Waals surface area contributed by atoms with Gasteiger partial charge in [0.15, 0.2) is 0 Å². The average molecular weight is 255 g/mol. The highest BCUT2D eigenvalue weighted by Gasteiger charge is 2.15. The van der Waals surface area contributed by atoms with Gasteiger partial charge in [0, 0.05) is 12.6 Å². The van der Waals surface area contributed by atoms with E-state index in [4.69, 9.17) is 11.6 Å². The molecule has 0 spiro atoms. The van der Waals surface area contributed by atoms with Crippen molar-refractivity contribution in [2.45, 2.75) is 25.8 Å². The quantitative estimate of drug-likeness (QED) is 0.615. The van der Waals surface area contributed by atoms with Gasteiger partial charge in [-0.1, -0.05) is 24.1 Å². The van der Waals surface area contributed by atoms with Gasteiger partial charge < -0.3 is 0 Å². The molecule has 0 radical (unpaired) electrons. The number of hydrogen-bond donors (Lipinski definition) is 0. The van der Waals surface area contributed by atoms with Crippen LogP contribution in [0.3, 0.4) is 0 Å². The first-order valence-corrected chi connectivity index (χ1v) is 6.20. The molecule has 0 N–H and O–H groups in total. The van der Waals surface area contributed by atoms with Gasteiger partial charge in [-0.05, 0) is 37.6 Å². The van der Waals surface area contributed by atoms with Crippen LogP contribution in [-0.2, 0) is 6.54 Å². The van der Waals surface area contributed by atoms with E-state index in [1.807, 2.05) is 6.07 Å². The topological polar surface area (TPSA) is 46.4 Å². The van der Waals surface area contributed by atoms with Gasteiger partial charge in [-0.15, -0.1) is 0 Å². The fraction of sp³-hybridized carbons (Fsp3) is 0.500. The van der Waals surface area contributed by atoms with E-state index in [0.29, 0.717) is 0 Å². The number of nitro benzene ring substituents is 1. The first-order valence-electron chi connectivity index (χ1n) is 5.82. The molecule has 1 fully saturated rings. The molecule has 0 atom stereocenters. The lowest BCUT2D eigenvalue weighted by molar-refractivity contribution is -0.384. The zero-order chi connectivity index (χ0) is 12.3. The summed E-state index contributed by atoms with van der Waals surface area (Å²) in [4.78, 5) is 12.7. The summed E-state index contributed by atoms with van der Waals surface area (Å²) in [5.41, 5.74) is 0.962. The van der Waals surface area contributed by atoms with Gasteiger partial charge in [-0.25, -0.2) is 0 Å². The predicted molar refractivity (Wildman–Crippen MR) is 67.2 cm³/mol. The smallest absolute Gasteiger partial charge is 0.288 e. The molecule has 1 heterocycles. The van der Waals surface area contributed by atoms with E-state index in [9.17, 15) is 10.1 Å². The maximum atomic E-state index is 10.8. The van der Waals surface area contributed by atoms with Gasteiger partial charge in [0.1, 0.15) is 5.02 Å². The minimum absolute atomic E-state index is 0.00109. The van der Waals surface area contributed by atoms with Crippen LogP contribution in [0.5, 0.6) is 0 Å². The molecular weight excluding hydrogens is 240 g/mol. The Balaban J connectivity index is 2.10. The summed E-state index contributed by atoms with van der Waals surface area (Å²) < 4.78 is 0. The molecule has 0 aromatic heterocycles. The Hall–Kier alpha value is -1.13. The Bertz CT molecular complexity index is 417. The summed E-state index contributed by atoms with van der Waals surface area (Å²) in [6, 6.07) is 5.06. The molecule has 1 saturated heterocycles. The van der Waals surface area contributed by atoms with Crippen molar-refractivity contribution < 1.29 is 4.92 Å². The maximum Gasteiger partial charge on any atom is 0.288 e. The molecule has 0 aliphatic carbocycles. The molecule has 4 nitrogen and oxygen atoms in total. The van der Waals surface area contributed by atoms with Crippen LogP contribution < -0.4 is 0 Å². The third-order valence-electron chi connectivity index (χ3n) is 3.06. The second-order valence-electron chi connectivity index (χ2n) is 4.38. The van der Waals surface area contributed by atoms with Crippen LogP contribution in [-0.4, -0.2) is 22.9 Å². The molecular formula is C12H15ClN2O2. The Morgan fingerprint density at radius 2 is 2.00 bits per heavy atom. The Labute approximate surface area is 105 Å². The molecule has 5 heteroatoms. The molecule has 1 aliphatic heterocycles. The zero-order valence-electron chi connectivity index (χ0n) is 9.56. The van der Waals surface area contributed by atoms with Crippen molar-refractivity contribution in [3.8, 4) is 0 Å². The molecule has 1 aromatic carbocycles. The number of benzene rings is 1. The minimum Gasteiger partial charge on any atom is -0.299 e. The second-order valence-corrected chi connectivity index (χ2v) is 4.79. The van der Waals surface area contributed by atoms with Crippen molar-refractivity contribution in [1.29, 1.82) is 0 Å². The van der Waals surface area contributed by atoms with Gasteiger partial charge in [-0.3, -0.25) is 15.0 Å². The fourth-order valence-electron chi connectivity index (χ4n) is 2.17. The second kappa shape index (κ2) is 5.47. The van der Waals surface area contributed by atoms with Crippen LogP contribution in [0.1, 0.15) is 24.8 Å². The predicted octanol–water partition coefficient (Wildman–Crippen LogP) is 3.23. The number of rotatable bonds is 3. The summed E-state index contributed by atoms with van der Waals surface area (Å²) in [5.74, 6) is 0. The van der Waals surface area contributed by atoms with Gasteiger partial charge in [0.05, 0.1) is 4.92 Å². The van der Waals surface area contributed by atoms with Crippen molar-refractivity contribution in [3.05, 3.63) is 38.9 Å². The molecule has 0 saturated carbocycles. The van der Waals surface area contributed by atoms with Crippen LogP contribution >= 0.6 is 11.6 Å². The SMILES string of the molecule is O=[N+]([O-])c1cc(CN2CCCCC2)ccc1Cl. The highest BCUT2D eigenvalue weighted by molar-refractivity contribution is 6.32. The van der Waals surface area contributed by atoms with Crippen LogP contribution in [0.25, 0.3) is 0 Å². The molecule has 1 aromatic rings. The monoisotopic (exact) mass is 254 g/mol. The van der Waals surface area contributed by atoms with Crippen molar-refractivity contribution in [3.63, 3.8) is 0 Å². The maximum absolute atomic E-state index is 10.8. The number of piperidine rings is 1. The first kappa shape index (κ1) is 12.3. The average Bonchev–Trinajstić information content (AvgIpc) is 2.32. The van der Waals surface area contributed by atoms with E-state index in [-0.39, 0.29) is 10.7 Å². The summed E-state index contributed by atoms with van der Waals surface area (Å²) in [6.07, 6.45) is 3.72. The van der Waals surface area contributed by atoms with Crippen molar-refractivity contribution in [2.24, 2.45) is 0 Å².